The topological polar surface area (TPSA) is 35.2 Å². The lowest BCUT2D eigenvalue weighted by Gasteiger charge is -2.19. The molecule has 0 aliphatic rings. The molecule has 0 amide bonds. The summed E-state index contributed by atoms with van der Waals surface area (Å²) in [6.07, 6.45) is 0. The number of halogens is 1. The molecule has 0 aromatic heterocycles. The first kappa shape index (κ1) is 15.5. The van der Waals surface area contributed by atoms with E-state index in [1.807, 2.05) is 31.2 Å². The Kier molecular flexibility index (Phi) is 4.33. The molecule has 112 valence electrons. The van der Waals surface area contributed by atoms with Gasteiger partial charge in [-0.15, -0.1) is 0 Å². The third-order valence-corrected chi connectivity index (χ3v) is 3.43. The molecule has 0 aliphatic carbocycles. The zero-order valence-corrected chi connectivity index (χ0v) is 13.0. The fourth-order valence-corrected chi connectivity index (χ4v) is 2.03. The summed E-state index contributed by atoms with van der Waals surface area (Å²) in [6, 6.07) is 12.4. The summed E-state index contributed by atoms with van der Waals surface area (Å²) in [6.45, 7) is 8.26. The van der Waals surface area contributed by atoms with Crippen molar-refractivity contribution in [1.29, 1.82) is 0 Å². The van der Waals surface area contributed by atoms with Crippen molar-refractivity contribution in [2.45, 2.75) is 39.2 Å². The first-order valence-corrected chi connectivity index (χ1v) is 7.11. The third-order valence-electron chi connectivity index (χ3n) is 3.43. The van der Waals surface area contributed by atoms with Crippen molar-refractivity contribution < 1.29 is 9.13 Å². The zero-order chi connectivity index (χ0) is 15.6. The maximum atomic E-state index is 14.0. The van der Waals surface area contributed by atoms with Crippen molar-refractivity contribution >= 4 is 0 Å². The van der Waals surface area contributed by atoms with Gasteiger partial charge >= 0.3 is 0 Å². The predicted octanol–water partition coefficient (Wildman–Crippen LogP) is 4.94. The van der Waals surface area contributed by atoms with Crippen LogP contribution in [0.1, 0.15) is 44.9 Å². The lowest BCUT2D eigenvalue weighted by Crippen LogP contribution is -2.10. The van der Waals surface area contributed by atoms with Gasteiger partial charge in [0.15, 0.2) is 11.6 Å². The van der Waals surface area contributed by atoms with Crippen molar-refractivity contribution in [1.82, 2.24) is 0 Å². The highest BCUT2D eigenvalue weighted by molar-refractivity contribution is 5.37. The minimum Gasteiger partial charge on any atom is -0.454 e. The molecule has 2 rings (SSSR count). The summed E-state index contributed by atoms with van der Waals surface area (Å²) in [5.74, 6) is 0.433. The van der Waals surface area contributed by atoms with E-state index in [-0.39, 0.29) is 17.2 Å². The maximum absolute atomic E-state index is 14.0. The van der Waals surface area contributed by atoms with Crippen LogP contribution in [0.4, 0.5) is 4.39 Å². The number of rotatable bonds is 3. The second-order valence-corrected chi connectivity index (χ2v) is 6.35. The molecule has 1 atom stereocenters. The van der Waals surface area contributed by atoms with E-state index in [4.69, 9.17) is 10.5 Å². The Hall–Kier alpha value is -1.87. The van der Waals surface area contributed by atoms with Crippen LogP contribution in [0, 0.1) is 5.82 Å². The average Bonchev–Trinajstić information content (AvgIpc) is 2.40. The Bertz CT molecular complexity index is 612. The van der Waals surface area contributed by atoms with Gasteiger partial charge in [-0.05, 0) is 47.7 Å². The van der Waals surface area contributed by atoms with E-state index in [2.05, 4.69) is 20.8 Å². The molecule has 2 aromatic carbocycles. The number of hydrogen-bond donors (Lipinski definition) is 1. The molecule has 21 heavy (non-hydrogen) atoms. The number of benzene rings is 2. The van der Waals surface area contributed by atoms with Gasteiger partial charge in [0.2, 0.25) is 0 Å². The Morgan fingerprint density at radius 3 is 2.14 bits per heavy atom. The van der Waals surface area contributed by atoms with E-state index in [0.717, 1.165) is 5.56 Å². The van der Waals surface area contributed by atoms with Gasteiger partial charge < -0.3 is 10.5 Å². The molecule has 0 fully saturated rings. The third kappa shape index (κ3) is 3.82. The van der Waals surface area contributed by atoms with Crippen LogP contribution in [0.15, 0.2) is 42.5 Å². The van der Waals surface area contributed by atoms with Crippen LogP contribution in [0.5, 0.6) is 11.5 Å². The van der Waals surface area contributed by atoms with Gasteiger partial charge in [-0.2, -0.15) is 0 Å². The molecule has 0 spiro atoms. The SMILES string of the molecule is CC(N)c1ccc(Oc2ccc(C(C)(C)C)cc2)c(F)c1. The Labute approximate surface area is 125 Å². The summed E-state index contributed by atoms with van der Waals surface area (Å²) in [5.41, 5.74) is 7.78. The quantitative estimate of drug-likeness (QED) is 0.868. The first-order chi connectivity index (χ1) is 9.77. The van der Waals surface area contributed by atoms with Crippen LogP contribution in [-0.4, -0.2) is 0 Å². The van der Waals surface area contributed by atoms with Crippen molar-refractivity contribution in [3.8, 4) is 11.5 Å². The van der Waals surface area contributed by atoms with Crippen molar-refractivity contribution in [3.63, 3.8) is 0 Å². The maximum Gasteiger partial charge on any atom is 0.166 e. The molecule has 2 nitrogen and oxygen atoms in total. The summed E-state index contributed by atoms with van der Waals surface area (Å²) in [5, 5.41) is 0. The van der Waals surface area contributed by atoms with E-state index in [0.29, 0.717) is 5.75 Å². The summed E-state index contributed by atoms with van der Waals surface area (Å²) in [4.78, 5) is 0. The molecular weight excluding hydrogens is 265 g/mol. The standard InChI is InChI=1S/C18H22FNO/c1-12(20)13-5-10-17(16(19)11-13)21-15-8-6-14(7-9-15)18(2,3)4/h5-12H,20H2,1-4H3. The molecule has 0 heterocycles. The van der Waals surface area contributed by atoms with Gasteiger partial charge in [0.1, 0.15) is 5.75 Å². The summed E-state index contributed by atoms with van der Waals surface area (Å²) >= 11 is 0. The fourth-order valence-electron chi connectivity index (χ4n) is 2.03. The molecule has 0 saturated carbocycles. The first-order valence-electron chi connectivity index (χ1n) is 7.11. The molecule has 2 N–H and O–H groups in total. The molecule has 0 radical (unpaired) electrons. The van der Waals surface area contributed by atoms with E-state index in [9.17, 15) is 4.39 Å². The van der Waals surface area contributed by atoms with Crippen LogP contribution in [0.3, 0.4) is 0 Å². The molecule has 0 aliphatic heterocycles. The van der Waals surface area contributed by atoms with Gasteiger partial charge in [0.25, 0.3) is 0 Å². The Morgan fingerprint density at radius 1 is 1.05 bits per heavy atom. The highest BCUT2D eigenvalue weighted by Crippen LogP contribution is 2.29. The van der Waals surface area contributed by atoms with Crippen LogP contribution in [-0.2, 0) is 5.41 Å². The summed E-state index contributed by atoms with van der Waals surface area (Å²) in [7, 11) is 0. The second kappa shape index (κ2) is 5.86. The molecule has 0 saturated heterocycles. The average molecular weight is 287 g/mol. The van der Waals surface area contributed by atoms with E-state index in [1.165, 1.54) is 11.6 Å². The number of hydrogen-bond acceptors (Lipinski definition) is 2. The second-order valence-electron chi connectivity index (χ2n) is 6.35. The van der Waals surface area contributed by atoms with Gasteiger partial charge in [0.05, 0.1) is 0 Å². The van der Waals surface area contributed by atoms with Gasteiger partial charge in [-0.25, -0.2) is 4.39 Å². The van der Waals surface area contributed by atoms with Gasteiger partial charge in [-0.1, -0.05) is 39.0 Å². The highest BCUT2D eigenvalue weighted by atomic mass is 19.1. The molecule has 0 bridgehead atoms. The highest BCUT2D eigenvalue weighted by Gasteiger charge is 2.13. The lowest BCUT2D eigenvalue weighted by molar-refractivity contribution is 0.440. The molecule has 1 unspecified atom stereocenters. The van der Waals surface area contributed by atoms with Crippen molar-refractivity contribution in [2.24, 2.45) is 5.73 Å². The van der Waals surface area contributed by atoms with E-state index >= 15 is 0 Å². The lowest BCUT2D eigenvalue weighted by atomic mass is 9.87. The predicted molar refractivity (Wildman–Crippen MR) is 84.2 cm³/mol. The van der Waals surface area contributed by atoms with Crippen molar-refractivity contribution in [3.05, 3.63) is 59.4 Å². The van der Waals surface area contributed by atoms with Crippen molar-refractivity contribution in [2.75, 3.05) is 0 Å². The Balaban J connectivity index is 2.19. The minimum absolute atomic E-state index is 0.0860. The van der Waals surface area contributed by atoms with Crippen LogP contribution >= 0.6 is 0 Å². The van der Waals surface area contributed by atoms with Gasteiger partial charge in [-0.3, -0.25) is 0 Å². The number of nitrogens with two attached hydrogens (primary N) is 1. The molecule has 2 aromatic rings. The largest absolute Gasteiger partial charge is 0.454 e. The fraction of sp³-hybridized carbons (Fsp3) is 0.333. The zero-order valence-electron chi connectivity index (χ0n) is 13.0. The summed E-state index contributed by atoms with van der Waals surface area (Å²) < 4.78 is 19.6. The van der Waals surface area contributed by atoms with Crippen LogP contribution in [0.25, 0.3) is 0 Å². The molecular formula is C18H22FNO. The Morgan fingerprint density at radius 2 is 1.67 bits per heavy atom. The van der Waals surface area contributed by atoms with E-state index < -0.39 is 5.82 Å². The molecule has 3 heteroatoms. The smallest absolute Gasteiger partial charge is 0.166 e. The monoisotopic (exact) mass is 287 g/mol. The van der Waals surface area contributed by atoms with Crippen LogP contribution in [0.2, 0.25) is 0 Å². The van der Waals surface area contributed by atoms with E-state index in [1.54, 1.807) is 12.1 Å². The number of ether oxygens (including phenoxy) is 1. The minimum atomic E-state index is -0.398. The van der Waals surface area contributed by atoms with Crippen LogP contribution < -0.4 is 10.5 Å². The van der Waals surface area contributed by atoms with Gasteiger partial charge in [0, 0.05) is 6.04 Å². The normalized spacial score (nSPS) is 13.0.